The van der Waals surface area contributed by atoms with E-state index in [4.69, 9.17) is 0 Å². The molecule has 11 heavy (non-hydrogen) atoms. The molecule has 1 N–H and O–H groups in total. The molecular formula is C8H13NO2. The molecule has 0 bridgehead atoms. The number of carboxylic acids is 1. The first-order valence-electron chi connectivity index (χ1n) is 3.57. The van der Waals surface area contributed by atoms with Gasteiger partial charge in [-0.05, 0) is 12.5 Å². The summed E-state index contributed by atoms with van der Waals surface area (Å²) in [5.41, 5.74) is 0. The summed E-state index contributed by atoms with van der Waals surface area (Å²) >= 11 is 0. The average Bonchev–Trinajstić information content (AvgIpc) is 1.97. The van der Waals surface area contributed by atoms with Gasteiger partial charge in [0.05, 0.1) is 0 Å². The van der Waals surface area contributed by atoms with Crippen molar-refractivity contribution in [2.45, 2.75) is 25.8 Å². The monoisotopic (exact) mass is 155 g/mol. The van der Waals surface area contributed by atoms with Crippen LogP contribution in [0.25, 0.3) is 0 Å². The molecule has 0 fully saturated rings. The van der Waals surface area contributed by atoms with E-state index in [9.17, 15) is 9.90 Å². The first-order chi connectivity index (χ1) is 5.20. The third-order valence-corrected chi connectivity index (χ3v) is 1.32. The van der Waals surface area contributed by atoms with Gasteiger partial charge in [-0.3, -0.25) is 0 Å². The molecule has 0 aromatic carbocycles. The van der Waals surface area contributed by atoms with Crippen molar-refractivity contribution in [3.05, 3.63) is 12.7 Å². The summed E-state index contributed by atoms with van der Waals surface area (Å²) in [4.78, 5) is 13.0. The molecule has 0 aromatic heterocycles. The van der Waals surface area contributed by atoms with Gasteiger partial charge in [0.1, 0.15) is 6.21 Å². The zero-order valence-electron chi connectivity index (χ0n) is 6.67. The van der Waals surface area contributed by atoms with Crippen molar-refractivity contribution < 1.29 is 14.9 Å². The minimum absolute atomic E-state index is 0.0397. The molecule has 0 aliphatic carbocycles. The van der Waals surface area contributed by atoms with Crippen molar-refractivity contribution in [3.63, 3.8) is 0 Å². The fraction of sp³-hybridized carbons (Fsp3) is 0.500. The van der Waals surface area contributed by atoms with Crippen LogP contribution in [0.2, 0.25) is 0 Å². The predicted octanol–water partition coefficient (Wildman–Crippen LogP) is -1.76. The number of carbonyl (C=O) groups is 1. The molecule has 0 radical (unpaired) electrons. The van der Waals surface area contributed by atoms with E-state index in [-0.39, 0.29) is 12.5 Å². The molecule has 0 rings (SSSR count). The van der Waals surface area contributed by atoms with E-state index in [1.165, 1.54) is 0 Å². The molecular weight excluding hydrogens is 142 g/mol. The van der Waals surface area contributed by atoms with Crippen LogP contribution in [0.1, 0.15) is 19.8 Å². The molecule has 3 nitrogen and oxygen atoms in total. The number of carbonyl (C=O) groups excluding carboxylic acids is 1. The second kappa shape index (κ2) is 5.65. The molecule has 0 aromatic rings. The highest BCUT2D eigenvalue weighted by atomic mass is 16.4. The van der Waals surface area contributed by atoms with Gasteiger partial charge in [0.15, 0.2) is 6.04 Å². The highest BCUT2D eigenvalue weighted by molar-refractivity contribution is 5.64. The Bertz CT molecular complexity index is 163. The van der Waals surface area contributed by atoms with Crippen LogP contribution in [0.5, 0.6) is 0 Å². The van der Waals surface area contributed by atoms with Crippen LogP contribution < -0.4 is 10.1 Å². The quantitative estimate of drug-likeness (QED) is 0.378. The van der Waals surface area contributed by atoms with Crippen LogP contribution in [0, 0.1) is 0 Å². The van der Waals surface area contributed by atoms with Crippen LogP contribution in [0.15, 0.2) is 12.7 Å². The fourth-order valence-corrected chi connectivity index (χ4v) is 0.757. The normalized spacial score (nSPS) is 13.2. The van der Waals surface area contributed by atoms with Gasteiger partial charge >= 0.3 is 0 Å². The highest BCUT2D eigenvalue weighted by Gasteiger charge is 2.04. The third kappa shape index (κ3) is 5.33. The fourth-order valence-electron chi connectivity index (χ4n) is 0.757. The molecule has 62 valence electrons. The lowest BCUT2D eigenvalue weighted by Crippen LogP contribution is -2.75. The van der Waals surface area contributed by atoms with Gasteiger partial charge < -0.3 is 9.90 Å². The second-order valence-electron chi connectivity index (χ2n) is 2.21. The maximum atomic E-state index is 10.0. The van der Waals surface area contributed by atoms with Crippen molar-refractivity contribution in [1.82, 2.24) is 0 Å². The molecule has 0 aliphatic rings. The van der Waals surface area contributed by atoms with E-state index in [0.29, 0.717) is 6.42 Å². The Kier molecular flexibility index (Phi) is 5.07. The Morgan fingerprint density at radius 2 is 2.45 bits per heavy atom. The molecule has 0 saturated heterocycles. The van der Waals surface area contributed by atoms with Gasteiger partial charge in [0.25, 0.3) is 0 Å². The van der Waals surface area contributed by atoms with Crippen molar-refractivity contribution in [2.75, 3.05) is 0 Å². The first kappa shape index (κ1) is 9.88. The molecule has 0 saturated carbocycles. The number of rotatable bonds is 5. The van der Waals surface area contributed by atoms with E-state index < -0.39 is 5.97 Å². The van der Waals surface area contributed by atoms with Gasteiger partial charge in [-0.1, -0.05) is 6.58 Å². The maximum Gasteiger partial charge on any atom is 0.168 e. The Hall–Kier alpha value is -1.12. The van der Waals surface area contributed by atoms with E-state index >= 15 is 0 Å². The number of nitrogens with one attached hydrogen (secondary N) is 1. The smallest absolute Gasteiger partial charge is 0.168 e. The standard InChI is InChI=1S/C8H13NO2/c1-3-7(9-4-2)5-6-8(10)11/h3-4,7H,1,5-6H2,2H3,(H,10,11). The van der Waals surface area contributed by atoms with Crippen molar-refractivity contribution in [3.8, 4) is 0 Å². The van der Waals surface area contributed by atoms with Crippen LogP contribution in [0.3, 0.4) is 0 Å². The first-order valence-corrected chi connectivity index (χ1v) is 3.57. The van der Waals surface area contributed by atoms with Gasteiger partial charge in [0.2, 0.25) is 0 Å². The van der Waals surface area contributed by atoms with Crippen LogP contribution in [0.4, 0.5) is 0 Å². The van der Waals surface area contributed by atoms with Gasteiger partial charge in [-0.25, -0.2) is 4.99 Å². The summed E-state index contributed by atoms with van der Waals surface area (Å²) in [6.45, 7) is 5.40. The third-order valence-electron chi connectivity index (χ3n) is 1.32. The highest BCUT2D eigenvalue weighted by Crippen LogP contribution is 1.90. The summed E-state index contributed by atoms with van der Waals surface area (Å²) in [5.74, 6) is -1.02. The number of aliphatic carboxylic acids is 1. The van der Waals surface area contributed by atoms with Crippen LogP contribution >= 0.6 is 0 Å². The Labute approximate surface area is 66.5 Å². The van der Waals surface area contributed by atoms with Crippen LogP contribution in [-0.2, 0) is 4.79 Å². The van der Waals surface area contributed by atoms with Gasteiger partial charge in [-0.2, -0.15) is 0 Å². The lowest BCUT2D eigenvalue weighted by atomic mass is 10.1. The molecule has 0 amide bonds. The zero-order valence-corrected chi connectivity index (χ0v) is 6.67. The molecule has 1 unspecified atom stereocenters. The summed E-state index contributed by atoms with van der Waals surface area (Å²) in [7, 11) is 0. The maximum absolute atomic E-state index is 10.0. The lowest BCUT2D eigenvalue weighted by Gasteiger charge is -2.02. The topological polar surface area (TPSA) is 54.1 Å². The summed E-state index contributed by atoms with van der Waals surface area (Å²) < 4.78 is 0. The molecule has 0 spiro atoms. The van der Waals surface area contributed by atoms with Crippen molar-refractivity contribution in [1.29, 1.82) is 0 Å². The molecule has 1 atom stereocenters. The Balaban J connectivity index is 3.69. The average molecular weight is 155 g/mol. The van der Waals surface area contributed by atoms with E-state index in [1.807, 2.05) is 6.92 Å². The SMILES string of the molecule is C=CC(CCC(=O)[O-])[NH+]=CC. The molecule has 3 heteroatoms. The minimum atomic E-state index is -1.02. The second-order valence-corrected chi connectivity index (χ2v) is 2.21. The lowest BCUT2D eigenvalue weighted by molar-refractivity contribution is -0.485. The van der Waals surface area contributed by atoms with Gasteiger partial charge in [-0.15, -0.1) is 0 Å². The predicted molar refractivity (Wildman–Crippen MR) is 40.9 cm³/mol. The molecule has 0 aliphatic heterocycles. The van der Waals surface area contributed by atoms with E-state index in [2.05, 4.69) is 11.6 Å². The van der Waals surface area contributed by atoms with Crippen molar-refractivity contribution >= 4 is 12.2 Å². The van der Waals surface area contributed by atoms with E-state index in [1.54, 1.807) is 12.3 Å². The Morgan fingerprint density at radius 3 is 2.82 bits per heavy atom. The summed E-state index contributed by atoms with van der Waals surface area (Å²) in [6.07, 6.45) is 4.04. The van der Waals surface area contributed by atoms with Crippen molar-refractivity contribution in [2.24, 2.45) is 0 Å². The number of hydrogen-bond acceptors (Lipinski definition) is 2. The summed E-state index contributed by atoms with van der Waals surface area (Å²) in [6, 6.07) is 0.0397. The Morgan fingerprint density at radius 1 is 1.82 bits per heavy atom. The number of carboxylic acid groups (broad SMARTS) is 1. The van der Waals surface area contributed by atoms with Crippen LogP contribution in [-0.4, -0.2) is 18.2 Å². The summed E-state index contributed by atoms with van der Waals surface area (Å²) in [5, 5.41) is 10.0. The minimum Gasteiger partial charge on any atom is -0.550 e. The number of hydrogen-bond donors (Lipinski definition) is 1. The van der Waals surface area contributed by atoms with E-state index in [0.717, 1.165) is 0 Å². The van der Waals surface area contributed by atoms with Gasteiger partial charge in [0, 0.05) is 19.3 Å². The zero-order chi connectivity index (χ0) is 8.69. The largest absolute Gasteiger partial charge is 0.550 e. The molecule has 0 heterocycles.